The predicted octanol–water partition coefficient (Wildman–Crippen LogP) is 6.32. The number of hydrogen-bond donors (Lipinski definition) is 2. The maximum absolute atomic E-state index is 12.8. The van der Waals surface area contributed by atoms with Crippen molar-refractivity contribution in [2.45, 2.75) is 118 Å². The van der Waals surface area contributed by atoms with Gasteiger partial charge < -0.3 is 10.2 Å². The van der Waals surface area contributed by atoms with Gasteiger partial charge in [0.05, 0.1) is 11.7 Å². The fourth-order valence-electron chi connectivity index (χ4n) is 10.8. The zero-order valence-electron chi connectivity index (χ0n) is 22.2. The molecule has 2 spiro atoms. The highest BCUT2D eigenvalue weighted by Crippen LogP contribution is 2.88. The van der Waals surface area contributed by atoms with E-state index in [0.29, 0.717) is 33.9 Å². The average Bonchev–Trinajstić information content (AvgIpc) is 3.31. The SMILES string of the molecule is C[C@@H]([C@H]1CC[C@@]2(C)[C@@H]3CC[C@H]4C(C)(C)C(=O)CC[C@@]45C[C@@]35CC[C@]12C)[C@@H](O)/C=C/C(C)(C)O. The molecule has 0 aromatic heterocycles. The Balaban J connectivity index is 1.42. The van der Waals surface area contributed by atoms with Gasteiger partial charge in [0.2, 0.25) is 0 Å². The first kappa shape index (κ1) is 24.0. The maximum atomic E-state index is 12.8. The van der Waals surface area contributed by atoms with E-state index in [-0.39, 0.29) is 16.7 Å². The van der Waals surface area contributed by atoms with Gasteiger partial charge in [0, 0.05) is 11.8 Å². The first-order valence-corrected chi connectivity index (χ1v) is 13.8. The van der Waals surface area contributed by atoms with E-state index in [0.717, 1.165) is 18.8 Å². The Morgan fingerprint density at radius 1 is 0.939 bits per heavy atom. The van der Waals surface area contributed by atoms with Crippen molar-refractivity contribution in [3.05, 3.63) is 12.2 Å². The molecule has 3 heteroatoms. The lowest BCUT2D eigenvalue weighted by Crippen LogP contribution is -2.57. The summed E-state index contributed by atoms with van der Waals surface area (Å²) >= 11 is 0. The molecule has 0 bridgehead atoms. The second kappa shape index (κ2) is 6.96. The highest BCUT2D eigenvalue weighted by molar-refractivity contribution is 5.86. The van der Waals surface area contributed by atoms with Crippen LogP contribution >= 0.6 is 0 Å². The normalized spacial score (nSPS) is 50.2. The van der Waals surface area contributed by atoms with Crippen molar-refractivity contribution in [2.24, 2.45) is 50.7 Å². The molecule has 5 saturated carbocycles. The molecule has 5 aliphatic carbocycles. The fraction of sp³-hybridized carbons (Fsp3) is 0.900. The fourth-order valence-corrected chi connectivity index (χ4v) is 10.8. The summed E-state index contributed by atoms with van der Waals surface area (Å²) in [4.78, 5) is 12.8. The summed E-state index contributed by atoms with van der Waals surface area (Å²) in [5, 5.41) is 21.1. The Morgan fingerprint density at radius 3 is 2.24 bits per heavy atom. The van der Waals surface area contributed by atoms with Gasteiger partial charge in [0.15, 0.2) is 0 Å². The summed E-state index contributed by atoms with van der Waals surface area (Å²) in [7, 11) is 0. The molecule has 186 valence electrons. The van der Waals surface area contributed by atoms with Crippen molar-refractivity contribution in [3.63, 3.8) is 0 Å². The van der Waals surface area contributed by atoms with Crippen molar-refractivity contribution >= 4 is 5.78 Å². The van der Waals surface area contributed by atoms with Gasteiger partial charge >= 0.3 is 0 Å². The first-order chi connectivity index (χ1) is 15.1. The van der Waals surface area contributed by atoms with Gasteiger partial charge in [-0.1, -0.05) is 46.8 Å². The van der Waals surface area contributed by atoms with Crippen LogP contribution in [0.3, 0.4) is 0 Å². The van der Waals surface area contributed by atoms with Crippen LogP contribution in [-0.4, -0.2) is 27.7 Å². The lowest BCUT2D eigenvalue weighted by atomic mass is 9.42. The molecule has 0 heterocycles. The average molecular weight is 457 g/mol. The second-order valence-electron chi connectivity index (χ2n) is 14.7. The minimum Gasteiger partial charge on any atom is -0.389 e. The predicted molar refractivity (Wildman–Crippen MR) is 132 cm³/mol. The van der Waals surface area contributed by atoms with E-state index in [4.69, 9.17) is 0 Å². The van der Waals surface area contributed by atoms with Gasteiger partial charge in [-0.2, -0.15) is 0 Å². The van der Waals surface area contributed by atoms with Crippen LogP contribution in [0.25, 0.3) is 0 Å². The quantitative estimate of drug-likeness (QED) is 0.487. The third-order valence-electron chi connectivity index (χ3n) is 12.8. The molecular weight excluding hydrogens is 408 g/mol. The van der Waals surface area contributed by atoms with Crippen LogP contribution in [0.5, 0.6) is 0 Å². The molecule has 5 fully saturated rings. The molecule has 2 N–H and O–H groups in total. The number of fused-ring (bicyclic) bond motifs is 2. The molecule has 9 atom stereocenters. The van der Waals surface area contributed by atoms with E-state index in [1.54, 1.807) is 19.9 Å². The van der Waals surface area contributed by atoms with Gasteiger partial charge in [-0.3, -0.25) is 4.79 Å². The first-order valence-electron chi connectivity index (χ1n) is 13.8. The molecule has 0 aromatic carbocycles. The molecule has 0 aromatic rings. The zero-order chi connectivity index (χ0) is 24.2. The Bertz CT molecular complexity index is 866. The lowest BCUT2D eigenvalue weighted by Gasteiger charge is -2.62. The van der Waals surface area contributed by atoms with Gasteiger partial charge in [-0.25, -0.2) is 0 Å². The van der Waals surface area contributed by atoms with Crippen molar-refractivity contribution in [3.8, 4) is 0 Å². The van der Waals surface area contributed by atoms with Crippen molar-refractivity contribution in [1.82, 2.24) is 0 Å². The lowest BCUT2D eigenvalue weighted by molar-refractivity contribution is -0.158. The Labute approximate surface area is 201 Å². The molecule has 0 unspecified atom stereocenters. The van der Waals surface area contributed by atoms with Crippen LogP contribution in [0.4, 0.5) is 0 Å². The number of carbonyl (C=O) groups excluding carboxylic acids is 1. The summed E-state index contributed by atoms with van der Waals surface area (Å²) in [5.74, 6) is 2.57. The third-order valence-corrected chi connectivity index (χ3v) is 12.8. The maximum Gasteiger partial charge on any atom is 0.138 e. The van der Waals surface area contributed by atoms with Crippen LogP contribution in [-0.2, 0) is 4.79 Å². The van der Waals surface area contributed by atoms with Crippen LogP contribution in [0, 0.1) is 50.7 Å². The topological polar surface area (TPSA) is 57.5 Å². The minimum absolute atomic E-state index is 0.141. The number of aliphatic hydroxyl groups excluding tert-OH is 1. The summed E-state index contributed by atoms with van der Waals surface area (Å²) < 4.78 is 0. The van der Waals surface area contributed by atoms with E-state index >= 15 is 0 Å². The van der Waals surface area contributed by atoms with Crippen molar-refractivity contribution in [2.75, 3.05) is 0 Å². The van der Waals surface area contributed by atoms with Gasteiger partial charge in [0.1, 0.15) is 5.78 Å². The number of Topliss-reactive ketones (excluding diaryl/α,β-unsaturated/α-hetero) is 1. The Morgan fingerprint density at radius 2 is 1.58 bits per heavy atom. The van der Waals surface area contributed by atoms with E-state index in [1.165, 1.54) is 44.9 Å². The highest BCUT2D eigenvalue weighted by Gasteiger charge is 2.82. The number of rotatable bonds is 4. The van der Waals surface area contributed by atoms with Gasteiger partial charge in [-0.15, -0.1) is 0 Å². The summed E-state index contributed by atoms with van der Waals surface area (Å²) in [5.41, 5.74) is 0.445. The molecule has 3 nitrogen and oxygen atoms in total. The second-order valence-corrected chi connectivity index (χ2v) is 14.7. The number of carbonyl (C=O) groups is 1. The molecule has 5 rings (SSSR count). The Kier molecular flexibility index (Phi) is 5.07. The molecule has 0 amide bonds. The van der Waals surface area contributed by atoms with E-state index in [1.807, 2.05) is 6.08 Å². The van der Waals surface area contributed by atoms with Gasteiger partial charge in [0.25, 0.3) is 0 Å². The van der Waals surface area contributed by atoms with Crippen LogP contribution in [0.15, 0.2) is 12.2 Å². The molecule has 0 saturated heterocycles. The monoisotopic (exact) mass is 456 g/mol. The van der Waals surface area contributed by atoms with E-state index in [2.05, 4.69) is 34.6 Å². The standard InChI is InChI=1S/C30H48O3/c1-19(21(31)11-13-25(2,3)33)20-10-14-28(7)23-9-8-22-26(4,5)24(32)12-15-29(22)18-30(23,29)17-16-27(20,28)6/h11,13,19-23,31,33H,8-10,12,14-18H2,1-7H3/b13-11+/t19-,20+,21-,22-,23-,27+,28-,29+,30-/m0/s1. The highest BCUT2D eigenvalue weighted by atomic mass is 16.3. The zero-order valence-corrected chi connectivity index (χ0v) is 22.2. The van der Waals surface area contributed by atoms with Crippen LogP contribution < -0.4 is 0 Å². The summed E-state index contributed by atoms with van der Waals surface area (Å²) in [6, 6.07) is 0. The smallest absolute Gasteiger partial charge is 0.138 e. The Hall–Kier alpha value is -0.670. The third kappa shape index (κ3) is 2.97. The minimum atomic E-state index is -0.889. The number of ketones is 1. The largest absolute Gasteiger partial charge is 0.389 e. The molecule has 0 radical (unpaired) electrons. The summed E-state index contributed by atoms with van der Waals surface area (Å²) in [6.45, 7) is 15.4. The van der Waals surface area contributed by atoms with Crippen molar-refractivity contribution < 1.29 is 15.0 Å². The van der Waals surface area contributed by atoms with Crippen LogP contribution in [0.1, 0.15) is 106 Å². The molecular formula is C30H48O3. The van der Waals surface area contributed by atoms with E-state index in [9.17, 15) is 15.0 Å². The van der Waals surface area contributed by atoms with Crippen LogP contribution in [0.2, 0.25) is 0 Å². The number of aliphatic hydroxyl groups is 2. The van der Waals surface area contributed by atoms with Crippen molar-refractivity contribution in [1.29, 1.82) is 0 Å². The number of hydrogen-bond acceptors (Lipinski definition) is 3. The molecule has 0 aliphatic heterocycles. The molecule has 33 heavy (non-hydrogen) atoms. The molecule has 5 aliphatic rings. The van der Waals surface area contributed by atoms with E-state index < -0.39 is 11.7 Å². The van der Waals surface area contributed by atoms with Gasteiger partial charge in [-0.05, 0) is 111 Å². The summed E-state index contributed by atoms with van der Waals surface area (Å²) in [6.07, 6.45) is 14.0.